The topological polar surface area (TPSA) is 34.1 Å². The van der Waals surface area contributed by atoms with Crippen LogP contribution in [0.3, 0.4) is 0 Å². The Balaban J connectivity index is 2.74. The first-order valence-corrected chi connectivity index (χ1v) is 5.58. The molecule has 0 aliphatic rings. The Kier molecular flexibility index (Phi) is 5.61. The fraction of sp³-hybridized carbons (Fsp3) is 0.545. The molecule has 84 valence electrons. The Morgan fingerprint density at radius 2 is 2.33 bits per heavy atom. The summed E-state index contributed by atoms with van der Waals surface area (Å²) >= 11 is 6.08. The second-order valence-electron chi connectivity index (χ2n) is 3.14. The first-order valence-electron chi connectivity index (χ1n) is 5.21. The average molecular weight is 229 g/mol. The largest absolute Gasteiger partial charge is 0.380 e. The van der Waals surface area contributed by atoms with E-state index in [4.69, 9.17) is 16.3 Å². The molecule has 1 rings (SSSR count). The Bertz CT molecular complexity index is 294. The Morgan fingerprint density at radius 1 is 1.53 bits per heavy atom. The lowest BCUT2D eigenvalue weighted by Gasteiger charge is -2.17. The molecule has 1 N–H and O–H groups in total. The molecule has 0 bridgehead atoms. The molecule has 15 heavy (non-hydrogen) atoms. The summed E-state index contributed by atoms with van der Waals surface area (Å²) in [5.41, 5.74) is 0.856. The van der Waals surface area contributed by atoms with Gasteiger partial charge in [-0.3, -0.25) is 4.98 Å². The number of likely N-dealkylation sites (N-methyl/N-ethyl adjacent to an activating group) is 1. The smallest absolute Gasteiger partial charge is 0.0782 e. The van der Waals surface area contributed by atoms with Crippen molar-refractivity contribution in [2.45, 2.75) is 19.9 Å². The van der Waals surface area contributed by atoms with Crippen molar-refractivity contribution in [1.29, 1.82) is 0 Å². The summed E-state index contributed by atoms with van der Waals surface area (Å²) in [7, 11) is 0. The molecule has 1 unspecified atom stereocenters. The monoisotopic (exact) mass is 228 g/mol. The van der Waals surface area contributed by atoms with Gasteiger partial charge in [0.25, 0.3) is 0 Å². The number of hydrogen-bond donors (Lipinski definition) is 1. The second kappa shape index (κ2) is 6.77. The van der Waals surface area contributed by atoms with Gasteiger partial charge in [-0.05, 0) is 25.6 Å². The van der Waals surface area contributed by atoms with Gasteiger partial charge in [0.2, 0.25) is 0 Å². The lowest BCUT2D eigenvalue weighted by molar-refractivity contribution is 0.122. The van der Waals surface area contributed by atoms with Gasteiger partial charge in [-0.1, -0.05) is 18.5 Å². The van der Waals surface area contributed by atoms with Crippen LogP contribution in [0.1, 0.15) is 25.6 Å². The maximum absolute atomic E-state index is 6.08. The lowest BCUT2D eigenvalue weighted by Crippen LogP contribution is -2.26. The van der Waals surface area contributed by atoms with Crippen molar-refractivity contribution in [3.05, 3.63) is 29.0 Å². The van der Waals surface area contributed by atoms with E-state index in [1.54, 1.807) is 6.20 Å². The summed E-state index contributed by atoms with van der Waals surface area (Å²) in [6.07, 6.45) is 1.75. The zero-order valence-corrected chi connectivity index (χ0v) is 9.92. The first kappa shape index (κ1) is 12.4. The molecule has 0 saturated carbocycles. The van der Waals surface area contributed by atoms with Crippen molar-refractivity contribution in [3.63, 3.8) is 0 Å². The molecule has 4 heteroatoms. The summed E-state index contributed by atoms with van der Waals surface area (Å²) in [4.78, 5) is 4.28. The van der Waals surface area contributed by atoms with Crippen LogP contribution in [-0.2, 0) is 4.74 Å². The molecule has 0 aromatic carbocycles. The molecule has 1 aromatic heterocycles. The predicted molar refractivity (Wildman–Crippen MR) is 62.2 cm³/mol. The number of rotatable bonds is 6. The Morgan fingerprint density at radius 3 is 2.93 bits per heavy atom. The van der Waals surface area contributed by atoms with E-state index in [0.29, 0.717) is 18.2 Å². The second-order valence-corrected chi connectivity index (χ2v) is 3.55. The zero-order valence-electron chi connectivity index (χ0n) is 9.16. The number of hydrogen-bond acceptors (Lipinski definition) is 3. The van der Waals surface area contributed by atoms with Crippen LogP contribution in [0.15, 0.2) is 18.3 Å². The van der Waals surface area contributed by atoms with E-state index in [-0.39, 0.29) is 6.04 Å². The van der Waals surface area contributed by atoms with E-state index in [2.05, 4.69) is 17.2 Å². The van der Waals surface area contributed by atoms with Crippen LogP contribution in [0, 0.1) is 0 Å². The third-order valence-electron chi connectivity index (χ3n) is 2.06. The van der Waals surface area contributed by atoms with Crippen molar-refractivity contribution in [1.82, 2.24) is 10.3 Å². The number of halogens is 1. The minimum absolute atomic E-state index is 0.0728. The van der Waals surface area contributed by atoms with Crippen LogP contribution in [-0.4, -0.2) is 24.7 Å². The maximum Gasteiger partial charge on any atom is 0.0782 e. The SMILES string of the molecule is CCNC(COCC)c1ncccc1Cl. The van der Waals surface area contributed by atoms with E-state index in [9.17, 15) is 0 Å². The van der Waals surface area contributed by atoms with E-state index >= 15 is 0 Å². The molecule has 0 radical (unpaired) electrons. The van der Waals surface area contributed by atoms with Gasteiger partial charge in [-0.2, -0.15) is 0 Å². The number of aromatic nitrogens is 1. The highest BCUT2D eigenvalue weighted by atomic mass is 35.5. The zero-order chi connectivity index (χ0) is 11.1. The molecular weight excluding hydrogens is 212 g/mol. The van der Waals surface area contributed by atoms with Crippen molar-refractivity contribution in [2.24, 2.45) is 0 Å². The van der Waals surface area contributed by atoms with Gasteiger partial charge < -0.3 is 10.1 Å². The summed E-state index contributed by atoms with van der Waals surface area (Å²) in [5, 5.41) is 3.99. The van der Waals surface area contributed by atoms with Crippen LogP contribution in [0.4, 0.5) is 0 Å². The molecule has 0 aliphatic carbocycles. The fourth-order valence-corrected chi connectivity index (χ4v) is 1.62. The number of nitrogens with zero attached hydrogens (tertiary/aromatic N) is 1. The van der Waals surface area contributed by atoms with Gasteiger partial charge in [0.1, 0.15) is 0 Å². The normalized spacial score (nSPS) is 12.7. The molecule has 0 spiro atoms. The molecule has 1 aromatic rings. The maximum atomic E-state index is 6.08. The molecular formula is C11H17ClN2O. The van der Waals surface area contributed by atoms with Crippen LogP contribution < -0.4 is 5.32 Å². The Labute approximate surface area is 95.8 Å². The highest BCUT2D eigenvalue weighted by Gasteiger charge is 2.14. The highest BCUT2D eigenvalue weighted by Crippen LogP contribution is 2.20. The van der Waals surface area contributed by atoms with E-state index < -0.39 is 0 Å². The van der Waals surface area contributed by atoms with E-state index in [0.717, 1.165) is 12.2 Å². The van der Waals surface area contributed by atoms with Crippen LogP contribution >= 0.6 is 11.6 Å². The standard InChI is InChI=1S/C11H17ClN2O/c1-3-13-10(8-15-4-2)11-9(12)6-5-7-14-11/h5-7,10,13H,3-4,8H2,1-2H3. The summed E-state index contributed by atoms with van der Waals surface area (Å²) < 4.78 is 5.40. The van der Waals surface area contributed by atoms with Gasteiger partial charge in [0.05, 0.1) is 23.4 Å². The quantitative estimate of drug-likeness (QED) is 0.812. The van der Waals surface area contributed by atoms with E-state index in [1.165, 1.54) is 0 Å². The van der Waals surface area contributed by atoms with E-state index in [1.807, 2.05) is 19.1 Å². The molecule has 3 nitrogen and oxygen atoms in total. The molecule has 0 fully saturated rings. The summed E-state index contributed by atoms with van der Waals surface area (Å²) in [6, 6.07) is 3.75. The van der Waals surface area contributed by atoms with Crippen molar-refractivity contribution in [3.8, 4) is 0 Å². The fourth-order valence-electron chi connectivity index (χ4n) is 1.37. The summed E-state index contributed by atoms with van der Waals surface area (Å²) in [5.74, 6) is 0. The molecule has 0 amide bonds. The van der Waals surface area contributed by atoms with Gasteiger partial charge in [0.15, 0.2) is 0 Å². The van der Waals surface area contributed by atoms with Gasteiger partial charge in [-0.15, -0.1) is 0 Å². The predicted octanol–water partition coefficient (Wildman–Crippen LogP) is 2.42. The van der Waals surface area contributed by atoms with Crippen molar-refractivity contribution >= 4 is 11.6 Å². The molecule has 0 aliphatic heterocycles. The number of ether oxygens (including phenoxy) is 1. The van der Waals surface area contributed by atoms with Gasteiger partial charge in [0, 0.05) is 12.8 Å². The highest BCUT2D eigenvalue weighted by molar-refractivity contribution is 6.31. The third kappa shape index (κ3) is 3.78. The van der Waals surface area contributed by atoms with Gasteiger partial charge >= 0.3 is 0 Å². The minimum Gasteiger partial charge on any atom is -0.380 e. The lowest BCUT2D eigenvalue weighted by atomic mass is 10.2. The Hall–Kier alpha value is -0.640. The van der Waals surface area contributed by atoms with Crippen molar-refractivity contribution in [2.75, 3.05) is 19.8 Å². The molecule has 1 atom stereocenters. The molecule has 0 saturated heterocycles. The third-order valence-corrected chi connectivity index (χ3v) is 2.38. The first-order chi connectivity index (χ1) is 7.29. The summed E-state index contributed by atoms with van der Waals surface area (Å²) in [6.45, 7) is 6.19. The average Bonchev–Trinajstić information content (AvgIpc) is 2.25. The van der Waals surface area contributed by atoms with Crippen LogP contribution in [0.25, 0.3) is 0 Å². The number of nitrogens with one attached hydrogen (secondary N) is 1. The van der Waals surface area contributed by atoms with Crippen molar-refractivity contribution < 1.29 is 4.74 Å². The minimum atomic E-state index is 0.0728. The van der Waals surface area contributed by atoms with Crippen LogP contribution in [0.5, 0.6) is 0 Å². The van der Waals surface area contributed by atoms with Crippen LogP contribution in [0.2, 0.25) is 5.02 Å². The van der Waals surface area contributed by atoms with Gasteiger partial charge in [-0.25, -0.2) is 0 Å². The molecule has 1 heterocycles. The number of pyridine rings is 1.